The maximum absolute atomic E-state index is 10.6. The Balaban J connectivity index is 2.14. The van der Waals surface area contributed by atoms with E-state index in [0.717, 1.165) is 30.8 Å². The van der Waals surface area contributed by atoms with Gasteiger partial charge in [0.05, 0.1) is 11.0 Å². The van der Waals surface area contributed by atoms with Gasteiger partial charge in [-0.1, -0.05) is 11.3 Å². The highest BCUT2D eigenvalue weighted by Gasteiger charge is 2.34. The van der Waals surface area contributed by atoms with Crippen LogP contribution >= 0.6 is 11.3 Å². The van der Waals surface area contributed by atoms with Crippen molar-refractivity contribution in [1.82, 2.24) is 4.90 Å². The van der Waals surface area contributed by atoms with Crippen LogP contribution in [-0.4, -0.2) is 28.5 Å². The molecular weight excluding hydrogens is 250 g/mol. The second-order valence-corrected chi connectivity index (χ2v) is 5.90. The van der Waals surface area contributed by atoms with Gasteiger partial charge in [-0.2, -0.15) is 5.26 Å². The Morgan fingerprint density at radius 1 is 1.56 bits per heavy atom. The van der Waals surface area contributed by atoms with Crippen LogP contribution in [0.5, 0.6) is 0 Å². The SMILES string of the molecule is CC(C#N)(Cc1ccc([N+](=O)[O-])s1)N1CCCC1. The smallest absolute Gasteiger partial charge is 0.285 e. The van der Waals surface area contributed by atoms with Crippen LogP contribution in [0.25, 0.3) is 0 Å². The van der Waals surface area contributed by atoms with Gasteiger partial charge in [-0.3, -0.25) is 15.0 Å². The number of nitro groups is 1. The van der Waals surface area contributed by atoms with E-state index in [1.165, 1.54) is 17.4 Å². The van der Waals surface area contributed by atoms with E-state index < -0.39 is 5.54 Å². The lowest BCUT2D eigenvalue weighted by Gasteiger charge is -2.31. The highest BCUT2D eigenvalue weighted by Crippen LogP contribution is 2.30. The van der Waals surface area contributed by atoms with Gasteiger partial charge in [0.2, 0.25) is 0 Å². The van der Waals surface area contributed by atoms with Crippen molar-refractivity contribution in [2.75, 3.05) is 13.1 Å². The molecule has 0 bridgehead atoms. The average Bonchev–Trinajstić information content (AvgIpc) is 2.99. The standard InChI is InChI=1S/C12H15N3O2S/c1-12(9-13,14-6-2-3-7-14)8-10-4-5-11(18-10)15(16)17/h4-5H,2-3,6-8H2,1H3. The third-order valence-corrected chi connectivity index (χ3v) is 4.43. The van der Waals surface area contributed by atoms with Crippen LogP contribution in [-0.2, 0) is 6.42 Å². The molecule has 18 heavy (non-hydrogen) atoms. The summed E-state index contributed by atoms with van der Waals surface area (Å²) < 4.78 is 0. The van der Waals surface area contributed by atoms with Crippen LogP contribution in [0.3, 0.4) is 0 Å². The lowest BCUT2D eigenvalue weighted by atomic mass is 9.97. The van der Waals surface area contributed by atoms with Gasteiger partial charge >= 0.3 is 5.00 Å². The number of hydrogen-bond acceptors (Lipinski definition) is 5. The zero-order chi connectivity index (χ0) is 13.2. The summed E-state index contributed by atoms with van der Waals surface area (Å²) in [6, 6.07) is 5.64. The largest absolute Gasteiger partial charge is 0.324 e. The first-order chi connectivity index (χ1) is 8.55. The van der Waals surface area contributed by atoms with E-state index >= 15 is 0 Å². The summed E-state index contributed by atoms with van der Waals surface area (Å²) in [7, 11) is 0. The molecule has 1 aromatic rings. The number of rotatable bonds is 4. The molecule has 0 aliphatic carbocycles. The monoisotopic (exact) mass is 265 g/mol. The topological polar surface area (TPSA) is 70.2 Å². The highest BCUT2D eigenvalue weighted by atomic mass is 32.1. The van der Waals surface area contributed by atoms with E-state index in [4.69, 9.17) is 0 Å². The van der Waals surface area contributed by atoms with Crippen molar-refractivity contribution in [2.45, 2.75) is 31.7 Å². The third-order valence-electron chi connectivity index (χ3n) is 3.39. The zero-order valence-corrected chi connectivity index (χ0v) is 11.1. The first-order valence-electron chi connectivity index (χ1n) is 5.94. The van der Waals surface area contributed by atoms with E-state index in [0.29, 0.717) is 6.42 Å². The fourth-order valence-corrected chi connectivity index (χ4v) is 3.30. The molecule has 1 aliphatic heterocycles. The molecule has 0 N–H and O–H groups in total. The Bertz CT molecular complexity index is 488. The first kappa shape index (κ1) is 13.0. The summed E-state index contributed by atoms with van der Waals surface area (Å²) in [6.45, 7) is 3.80. The minimum atomic E-state index is -0.546. The second-order valence-electron chi connectivity index (χ2n) is 4.75. The molecule has 2 rings (SSSR count). The van der Waals surface area contributed by atoms with E-state index in [-0.39, 0.29) is 9.92 Å². The molecule has 1 saturated heterocycles. The zero-order valence-electron chi connectivity index (χ0n) is 10.3. The predicted octanol–water partition coefficient (Wildman–Crippen LogP) is 2.58. The molecule has 0 spiro atoms. The summed E-state index contributed by atoms with van der Waals surface area (Å²) in [5.74, 6) is 0. The molecule has 1 atom stereocenters. The number of likely N-dealkylation sites (tertiary alicyclic amines) is 1. The van der Waals surface area contributed by atoms with Crippen molar-refractivity contribution in [3.8, 4) is 6.07 Å². The average molecular weight is 265 g/mol. The van der Waals surface area contributed by atoms with Gasteiger partial charge in [-0.25, -0.2) is 0 Å². The summed E-state index contributed by atoms with van der Waals surface area (Å²) in [5.41, 5.74) is -0.546. The number of nitrogens with zero attached hydrogens (tertiary/aromatic N) is 3. The molecule has 1 aromatic heterocycles. The van der Waals surface area contributed by atoms with E-state index in [1.807, 2.05) is 6.92 Å². The Hall–Kier alpha value is -1.45. The van der Waals surface area contributed by atoms with Crippen molar-refractivity contribution in [3.63, 3.8) is 0 Å². The van der Waals surface area contributed by atoms with Crippen molar-refractivity contribution in [2.24, 2.45) is 0 Å². The Morgan fingerprint density at radius 3 is 2.72 bits per heavy atom. The summed E-state index contributed by atoms with van der Waals surface area (Å²) in [4.78, 5) is 13.3. The normalized spacial score (nSPS) is 19.3. The van der Waals surface area contributed by atoms with Gasteiger partial charge in [0.25, 0.3) is 0 Å². The molecule has 5 nitrogen and oxygen atoms in total. The highest BCUT2D eigenvalue weighted by molar-refractivity contribution is 7.15. The maximum atomic E-state index is 10.6. The van der Waals surface area contributed by atoms with E-state index in [9.17, 15) is 15.4 Å². The van der Waals surface area contributed by atoms with Gasteiger partial charge in [-0.15, -0.1) is 0 Å². The molecule has 0 saturated carbocycles. The number of hydrogen-bond donors (Lipinski definition) is 0. The quantitative estimate of drug-likeness (QED) is 0.619. The van der Waals surface area contributed by atoms with Crippen molar-refractivity contribution in [1.29, 1.82) is 5.26 Å². The van der Waals surface area contributed by atoms with Crippen LogP contribution in [0.15, 0.2) is 12.1 Å². The van der Waals surface area contributed by atoms with Gasteiger partial charge in [0.1, 0.15) is 5.54 Å². The summed E-state index contributed by atoms with van der Waals surface area (Å²) >= 11 is 1.17. The Kier molecular flexibility index (Phi) is 3.64. The van der Waals surface area contributed by atoms with E-state index in [2.05, 4.69) is 11.0 Å². The lowest BCUT2D eigenvalue weighted by Crippen LogP contribution is -2.45. The molecule has 96 valence electrons. The number of nitriles is 1. The molecule has 0 aromatic carbocycles. The minimum Gasteiger partial charge on any atom is -0.285 e. The van der Waals surface area contributed by atoms with Crippen LogP contribution in [0, 0.1) is 21.4 Å². The fourth-order valence-electron chi connectivity index (χ4n) is 2.33. The number of thiophene rings is 1. The maximum Gasteiger partial charge on any atom is 0.324 e. The molecule has 6 heteroatoms. The third kappa shape index (κ3) is 2.52. The lowest BCUT2D eigenvalue weighted by molar-refractivity contribution is -0.380. The minimum absolute atomic E-state index is 0.145. The Morgan fingerprint density at radius 2 is 2.22 bits per heavy atom. The molecular formula is C12H15N3O2S. The molecule has 0 amide bonds. The Labute approximate surface area is 110 Å². The van der Waals surface area contributed by atoms with Crippen LogP contribution in [0.1, 0.15) is 24.6 Å². The van der Waals surface area contributed by atoms with Crippen molar-refractivity contribution < 1.29 is 4.92 Å². The van der Waals surface area contributed by atoms with E-state index in [1.54, 1.807) is 6.07 Å². The van der Waals surface area contributed by atoms with Crippen LogP contribution < -0.4 is 0 Å². The molecule has 0 radical (unpaired) electrons. The molecule has 1 aliphatic rings. The molecule has 1 fully saturated rings. The van der Waals surface area contributed by atoms with Crippen molar-refractivity contribution in [3.05, 3.63) is 27.1 Å². The molecule has 2 heterocycles. The summed E-state index contributed by atoms with van der Waals surface area (Å²) in [5, 5.41) is 20.2. The van der Waals surface area contributed by atoms with Gasteiger partial charge in [-0.05, 0) is 38.9 Å². The van der Waals surface area contributed by atoms with Crippen LogP contribution in [0.4, 0.5) is 5.00 Å². The first-order valence-corrected chi connectivity index (χ1v) is 6.76. The van der Waals surface area contributed by atoms with Gasteiger partial charge in [0.15, 0.2) is 0 Å². The fraction of sp³-hybridized carbons (Fsp3) is 0.583. The second kappa shape index (κ2) is 5.04. The summed E-state index contributed by atoms with van der Waals surface area (Å²) in [6.07, 6.45) is 2.81. The van der Waals surface area contributed by atoms with Crippen LogP contribution in [0.2, 0.25) is 0 Å². The van der Waals surface area contributed by atoms with Gasteiger partial charge in [0, 0.05) is 17.4 Å². The molecule has 1 unspecified atom stereocenters. The van der Waals surface area contributed by atoms with Crippen molar-refractivity contribution >= 4 is 16.3 Å². The van der Waals surface area contributed by atoms with Gasteiger partial charge < -0.3 is 0 Å². The predicted molar refractivity (Wildman–Crippen MR) is 69.5 cm³/mol.